The van der Waals surface area contributed by atoms with Gasteiger partial charge in [-0.15, -0.1) is 0 Å². The van der Waals surface area contributed by atoms with Crippen molar-refractivity contribution in [3.8, 4) is 0 Å². The molecule has 202 valence electrons. The Hall–Kier alpha value is -3.15. The lowest BCUT2D eigenvalue weighted by molar-refractivity contribution is 0.0488. The summed E-state index contributed by atoms with van der Waals surface area (Å²) in [4.78, 5) is 28.7. The maximum absolute atomic E-state index is 12.2. The lowest BCUT2D eigenvalue weighted by Crippen LogP contribution is -2.06. The van der Waals surface area contributed by atoms with Crippen molar-refractivity contribution in [3.05, 3.63) is 59.7 Å². The summed E-state index contributed by atoms with van der Waals surface area (Å²) in [5, 5.41) is 3.09. The van der Waals surface area contributed by atoms with Crippen molar-refractivity contribution in [3.63, 3.8) is 0 Å². The normalized spacial score (nSPS) is 11.0. The zero-order valence-corrected chi connectivity index (χ0v) is 22.7. The van der Waals surface area contributed by atoms with Crippen LogP contribution >= 0.6 is 0 Å². The fourth-order valence-electron chi connectivity index (χ4n) is 3.83. The Morgan fingerprint density at radius 1 is 0.649 bits per heavy atom. The second kappa shape index (κ2) is 19.0. The minimum Gasteiger partial charge on any atom is -0.462 e. The molecule has 0 fully saturated rings. The third-order valence-electron chi connectivity index (χ3n) is 6.13. The average molecular weight is 509 g/mol. The molecule has 0 saturated heterocycles. The first-order valence-corrected chi connectivity index (χ1v) is 14.0. The van der Waals surface area contributed by atoms with Gasteiger partial charge in [-0.25, -0.2) is 14.6 Å². The van der Waals surface area contributed by atoms with Crippen molar-refractivity contribution in [2.45, 2.75) is 90.9 Å². The monoisotopic (exact) mass is 508 g/mol. The summed E-state index contributed by atoms with van der Waals surface area (Å²) < 4.78 is 10.7. The summed E-state index contributed by atoms with van der Waals surface area (Å²) in [5.74, 6) is -0.591. The second-order valence-electron chi connectivity index (χ2n) is 9.33. The van der Waals surface area contributed by atoms with Crippen molar-refractivity contribution in [2.75, 3.05) is 18.5 Å². The Balaban J connectivity index is 1.67. The van der Waals surface area contributed by atoms with E-state index >= 15 is 0 Å². The van der Waals surface area contributed by atoms with Crippen molar-refractivity contribution in [2.24, 2.45) is 4.99 Å². The van der Waals surface area contributed by atoms with Crippen molar-refractivity contribution in [1.82, 2.24) is 0 Å². The van der Waals surface area contributed by atoms with Crippen LogP contribution in [0.4, 0.5) is 11.4 Å². The molecule has 2 aromatic carbocycles. The van der Waals surface area contributed by atoms with Gasteiger partial charge < -0.3 is 14.8 Å². The average Bonchev–Trinajstić information content (AvgIpc) is 2.92. The van der Waals surface area contributed by atoms with E-state index in [-0.39, 0.29) is 11.9 Å². The Bertz CT molecular complexity index is 923. The molecular formula is C31H44N2O4. The highest BCUT2D eigenvalue weighted by atomic mass is 16.5. The van der Waals surface area contributed by atoms with E-state index in [9.17, 15) is 9.59 Å². The van der Waals surface area contributed by atoms with E-state index in [1.807, 2.05) is 12.1 Å². The largest absolute Gasteiger partial charge is 0.462 e. The van der Waals surface area contributed by atoms with E-state index in [0.29, 0.717) is 24.3 Å². The number of anilines is 1. The maximum Gasteiger partial charge on any atom is 0.338 e. The van der Waals surface area contributed by atoms with Crippen LogP contribution in [0.25, 0.3) is 0 Å². The molecular weight excluding hydrogens is 464 g/mol. The number of hydrogen-bond donors (Lipinski definition) is 1. The van der Waals surface area contributed by atoms with Crippen LogP contribution in [0.5, 0.6) is 0 Å². The lowest BCUT2D eigenvalue weighted by atomic mass is 10.1. The van der Waals surface area contributed by atoms with E-state index in [2.05, 4.69) is 24.2 Å². The molecule has 0 heterocycles. The molecule has 37 heavy (non-hydrogen) atoms. The molecule has 0 bridgehead atoms. The number of ether oxygens (including phenoxy) is 2. The third-order valence-corrected chi connectivity index (χ3v) is 6.13. The highest BCUT2D eigenvalue weighted by Crippen LogP contribution is 2.15. The molecule has 0 aliphatic carbocycles. The number of rotatable bonds is 19. The number of esters is 2. The molecule has 6 heteroatoms. The summed E-state index contributed by atoms with van der Waals surface area (Å²) in [6.07, 6.45) is 15.5. The molecule has 0 saturated carbocycles. The van der Waals surface area contributed by atoms with Crippen LogP contribution in [0.15, 0.2) is 53.5 Å². The van der Waals surface area contributed by atoms with Gasteiger partial charge in [0.05, 0.1) is 36.4 Å². The Morgan fingerprint density at radius 2 is 1.08 bits per heavy atom. The molecule has 0 spiro atoms. The molecule has 6 nitrogen and oxygen atoms in total. The van der Waals surface area contributed by atoms with Crippen LogP contribution < -0.4 is 5.32 Å². The first-order chi connectivity index (χ1) is 18.1. The molecule has 0 unspecified atom stereocenters. The first-order valence-electron chi connectivity index (χ1n) is 14.0. The summed E-state index contributed by atoms with van der Waals surface area (Å²) in [7, 11) is 0. The van der Waals surface area contributed by atoms with Gasteiger partial charge in [0.25, 0.3) is 0 Å². The molecule has 0 aliphatic rings. The molecule has 2 aromatic rings. The molecule has 0 aromatic heterocycles. The predicted molar refractivity (Wildman–Crippen MR) is 152 cm³/mol. The lowest BCUT2D eigenvalue weighted by Gasteiger charge is -2.06. The van der Waals surface area contributed by atoms with Crippen LogP contribution in [-0.2, 0) is 9.47 Å². The molecule has 0 radical (unpaired) electrons. The summed E-state index contributed by atoms with van der Waals surface area (Å²) in [5.41, 5.74) is 2.59. The van der Waals surface area contributed by atoms with Gasteiger partial charge >= 0.3 is 11.9 Å². The van der Waals surface area contributed by atoms with Crippen LogP contribution in [-0.4, -0.2) is 31.5 Å². The number of carbonyl (C=O) groups is 2. The Labute approximate surface area is 222 Å². The van der Waals surface area contributed by atoms with E-state index < -0.39 is 0 Å². The molecule has 2 rings (SSSR count). The van der Waals surface area contributed by atoms with Crippen LogP contribution in [0.2, 0.25) is 0 Å². The van der Waals surface area contributed by atoms with Crippen LogP contribution in [0.1, 0.15) is 112 Å². The maximum atomic E-state index is 12.2. The van der Waals surface area contributed by atoms with E-state index in [0.717, 1.165) is 37.1 Å². The van der Waals surface area contributed by atoms with Gasteiger partial charge in [0, 0.05) is 5.69 Å². The summed E-state index contributed by atoms with van der Waals surface area (Å²) >= 11 is 0. The summed E-state index contributed by atoms with van der Waals surface area (Å²) in [6, 6.07) is 14.1. The fourth-order valence-corrected chi connectivity index (χ4v) is 3.83. The molecule has 0 atom stereocenters. The first kappa shape index (κ1) is 30.1. The smallest absolute Gasteiger partial charge is 0.338 e. The zero-order valence-electron chi connectivity index (χ0n) is 22.7. The van der Waals surface area contributed by atoms with E-state index in [1.165, 1.54) is 51.4 Å². The van der Waals surface area contributed by atoms with Gasteiger partial charge in [-0.3, -0.25) is 0 Å². The van der Waals surface area contributed by atoms with Gasteiger partial charge in [0.2, 0.25) is 0 Å². The Kier molecular flexibility index (Phi) is 15.5. The zero-order chi connectivity index (χ0) is 26.6. The quantitative estimate of drug-likeness (QED) is 0.0891. The second-order valence-corrected chi connectivity index (χ2v) is 9.33. The van der Waals surface area contributed by atoms with Crippen LogP contribution in [0.3, 0.4) is 0 Å². The standard InChI is InChI=1S/C31H44N2O4/c1-3-5-7-9-11-13-23-36-30(34)26-15-19-28(20-16-26)32-25-33-29-21-17-27(18-22-29)31(35)37-24-14-12-10-8-6-4-2/h15-22,25H,3-14,23-24H2,1-2H3,(H,32,33). The minimum atomic E-state index is -0.298. The number of unbranched alkanes of at least 4 members (excludes halogenated alkanes) is 10. The SMILES string of the molecule is CCCCCCCCOC(=O)c1ccc(N=CNc2ccc(C(=O)OCCCCCCCC)cc2)cc1. The predicted octanol–water partition coefficient (Wildman–Crippen LogP) is 8.49. The summed E-state index contributed by atoms with van der Waals surface area (Å²) in [6.45, 7) is 5.33. The molecule has 0 amide bonds. The van der Waals surface area contributed by atoms with Gasteiger partial charge in [-0.1, -0.05) is 78.1 Å². The Morgan fingerprint density at radius 3 is 1.57 bits per heavy atom. The van der Waals surface area contributed by atoms with E-state index in [4.69, 9.17) is 9.47 Å². The number of benzene rings is 2. The van der Waals surface area contributed by atoms with Gasteiger partial charge in [0.15, 0.2) is 0 Å². The van der Waals surface area contributed by atoms with Gasteiger partial charge in [-0.2, -0.15) is 0 Å². The highest BCUT2D eigenvalue weighted by Gasteiger charge is 2.07. The minimum absolute atomic E-state index is 0.292. The van der Waals surface area contributed by atoms with Gasteiger partial charge in [0.1, 0.15) is 0 Å². The number of hydrogen-bond acceptors (Lipinski definition) is 5. The van der Waals surface area contributed by atoms with Gasteiger partial charge in [-0.05, 0) is 61.4 Å². The van der Waals surface area contributed by atoms with E-state index in [1.54, 1.807) is 42.7 Å². The topological polar surface area (TPSA) is 77.0 Å². The molecule has 0 aliphatic heterocycles. The van der Waals surface area contributed by atoms with Crippen molar-refractivity contribution >= 4 is 29.7 Å². The van der Waals surface area contributed by atoms with Crippen molar-refractivity contribution < 1.29 is 19.1 Å². The van der Waals surface area contributed by atoms with Crippen LogP contribution in [0, 0.1) is 0 Å². The number of nitrogens with one attached hydrogen (secondary N) is 1. The molecule has 1 N–H and O–H groups in total. The number of nitrogens with zero attached hydrogens (tertiary/aromatic N) is 1. The number of aliphatic imine (C=N–C) groups is 1. The van der Waals surface area contributed by atoms with Crippen molar-refractivity contribution in [1.29, 1.82) is 0 Å². The third kappa shape index (κ3) is 13.1. The highest BCUT2D eigenvalue weighted by molar-refractivity contribution is 5.91. The number of carbonyl (C=O) groups excluding carboxylic acids is 2. The fraction of sp³-hybridized carbons (Fsp3) is 0.516.